The summed E-state index contributed by atoms with van der Waals surface area (Å²) in [4.78, 5) is 42.1. The summed E-state index contributed by atoms with van der Waals surface area (Å²) >= 11 is 5.94. The number of hydrogen-bond acceptors (Lipinski definition) is 3. The maximum absolute atomic E-state index is 14.2. The molecule has 0 saturated carbocycles. The van der Waals surface area contributed by atoms with Crippen LogP contribution in [0.25, 0.3) is 43.1 Å². The molecular weight excluding hydrogens is 530 g/mol. The van der Waals surface area contributed by atoms with Gasteiger partial charge in [0.15, 0.2) is 0 Å². The van der Waals surface area contributed by atoms with E-state index in [0.29, 0.717) is 16.7 Å². The van der Waals surface area contributed by atoms with Crippen molar-refractivity contribution in [3.05, 3.63) is 71.3 Å². The van der Waals surface area contributed by atoms with E-state index in [2.05, 4.69) is 13.8 Å². The summed E-state index contributed by atoms with van der Waals surface area (Å²) < 4.78 is 0. The van der Waals surface area contributed by atoms with E-state index in [1.165, 1.54) is 12.8 Å². The largest absolute Gasteiger partial charge is 0.276 e. The molecule has 210 valence electrons. The molecule has 0 unspecified atom stereocenters. The van der Waals surface area contributed by atoms with Crippen molar-refractivity contribution in [2.45, 2.75) is 84.1 Å². The van der Waals surface area contributed by atoms with E-state index in [4.69, 9.17) is 11.6 Å². The number of carbonyl (C=O) groups excluding carboxylic acids is 3. The Morgan fingerprint density at radius 1 is 0.634 bits per heavy atom. The molecule has 41 heavy (non-hydrogen) atoms. The molecule has 5 aromatic rings. The summed E-state index contributed by atoms with van der Waals surface area (Å²) in [7, 11) is 0. The third-order valence-corrected chi connectivity index (χ3v) is 9.24. The number of benzene rings is 5. The minimum atomic E-state index is -0.486. The molecule has 0 fully saturated rings. The van der Waals surface area contributed by atoms with Crippen molar-refractivity contribution in [3.63, 3.8) is 0 Å². The number of imide groups is 1. The van der Waals surface area contributed by atoms with Crippen LogP contribution in [0.2, 0.25) is 0 Å². The highest BCUT2D eigenvalue weighted by atomic mass is 35.5. The van der Waals surface area contributed by atoms with Gasteiger partial charge in [-0.1, -0.05) is 102 Å². The summed E-state index contributed by atoms with van der Waals surface area (Å²) in [6.45, 7) is 4.40. The van der Waals surface area contributed by atoms with Gasteiger partial charge in [-0.25, -0.2) is 0 Å². The van der Waals surface area contributed by atoms with Gasteiger partial charge in [0.25, 0.3) is 17.1 Å². The molecule has 2 amide bonds. The molecule has 1 aliphatic heterocycles. The normalized spacial score (nSPS) is 13.6. The minimum absolute atomic E-state index is 0.0832. The minimum Gasteiger partial charge on any atom is -0.276 e. The lowest BCUT2D eigenvalue weighted by Crippen LogP contribution is -2.47. The lowest BCUT2D eigenvalue weighted by atomic mass is 9.83. The highest BCUT2D eigenvalue weighted by molar-refractivity contribution is 6.68. The van der Waals surface area contributed by atoms with Crippen molar-refractivity contribution in [1.29, 1.82) is 0 Å². The highest BCUT2D eigenvalue weighted by Gasteiger charge is 2.38. The SMILES string of the molecule is CCCCCCC(CCCCCC)N1C(=O)c2ccc3c4cccc5c(C(=O)Cl)ccc(c6ccc(c2c36)C1=O)c54. The molecule has 0 atom stereocenters. The first-order valence-corrected chi connectivity index (χ1v) is 15.6. The van der Waals surface area contributed by atoms with E-state index in [0.717, 1.165) is 94.5 Å². The van der Waals surface area contributed by atoms with Crippen LogP contribution in [0.3, 0.4) is 0 Å². The zero-order valence-corrected chi connectivity index (χ0v) is 24.7. The van der Waals surface area contributed by atoms with Crippen LogP contribution in [-0.2, 0) is 0 Å². The molecule has 0 N–H and O–H groups in total. The fraction of sp³-hybridized carbons (Fsp3) is 0.361. The van der Waals surface area contributed by atoms with E-state index < -0.39 is 5.24 Å². The second-order valence-electron chi connectivity index (χ2n) is 11.6. The van der Waals surface area contributed by atoms with E-state index in [-0.39, 0.29) is 17.9 Å². The number of rotatable bonds is 12. The van der Waals surface area contributed by atoms with Gasteiger partial charge < -0.3 is 0 Å². The van der Waals surface area contributed by atoms with Gasteiger partial charge in [0, 0.05) is 28.1 Å². The van der Waals surface area contributed by atoms with Crippen LogP contribution in [0.15, 0.2) is 54.6 Å². The summed E-state index contributed by atoms with van der Waals surface area (Å²) in [6.07, 6.45) is 10.7. The van der Waals surface area contributed by atoms with E-state index in [1.54, 1.807) is 11.0 Å². The molecule has 1 heterocycles. The number of carbonyl (C=O) groups is 3. The first kappa shape index (κ1) is 27.7. The average molecular weight is 566 g/mol. The number of fused-ring (bicyclic) bond motifs is 2. The Kier molecular flexibility index (Phi) is 7.70. The van der Waals surface area contributed by atoms with E-state index in [1.807, 2.05) is 48.5 Å². The molecule has 5 aromatic carbocycles. The Balaban J connectivity index is 1.50. The van der Waals surface area contributed by atoms with Crippen LogP contribution in [0.1, 0.15) is 109 Å². The van der Waals surface area contributed by atoms with Gasteiger partial charge in [0.1, 0.15) is 0 Å². The number of nitrogens with zero attached hydrogens (tertiary/aromatic N) is 1. The Bertz CT molecular complexity index is 1720. The Labute approximate surface area is 246 Å². The van der Waals surface area contributed by atoms with Crippen molar-refractivity contribution in [3.8, 4) is 0 Å². The third kappa shape index (κ3) is 4.57. The van der Waals surface area contributed by atoms with Gasteiger partial charge in [0.2, 0.25) is 0 Å². The molecule has 0 bridgehead atoms. The maximum Gasteiger partial charge on any atom is 0.261 e. The first-order chi connectivity index (χ1) is 20.0. The fourth-order valence-electron chi connectivity index (χ4n) is 7.03. The number of hydrogen-bond donors (Lipinski definition) is 0. The molecule has 0 spiro atoms. The molecule has 6 rings (SSSR count). The molecule has 0 aliphatic carbocycles. The average Bonchev–Trinajstić information content (AvgIpc) is 2.98. The molecule has 0 aromatic heterocycles. The summed E-state index contributed by atoms with van der Waals surface area (Å²) in [5.41, 5.74) is 1.69. The van der Waals surface area contributed by atoms with Crippen LogP contribution >= 0.6 is 11.6 Å². The zero-order chi connectivity index (χ0) is 28.7. The molecule has 0 saturated heterocycles. The van der Waals surface area contributed by atoms with Crippen LogP contribution in [0.5, 0.6) is 0 Å². The van der Waals surface area contributed by atoms with Gasteiger partial charge in [-0.3, -0.25) is 19.3 Å². The highest BCUT2D eigenvalue weighted by Crippen LogP contribution is 2.45. The number of amides is 2. The van der Waals surface area contributed by atoms with Gasteiger partial charge in [-0.05, 0) is 80.3 Å². The second-order valence-corrected chi connectivity index (χ2v) is 11.9. The van der Waals surface area contributed by atoms with Crippen molar-refractivity contribution < 1.29 is 14.4 Å². The quantitative estimate of drug-likeness (QED) is 0.0497. The lowest BCUT2D eigenvalue weighted by molar-refractivity contribution is 0.0517. The monoisotopic (exact) mass is 565 g/mol. The van der Waals surface area contributed by atoms with E-state index in [9.17, 15) is 14.4 Å². The Morgan fingerprint density at radius 3 is 1.71 bits per heavy atom. The Morgan fingerprint density at radius 2 is 1.15 bits per heavy atom. The van der Waals surface area contributed by atoms with Crippen molar-refractivity contribution in [2.75, 3.05) is 0 Å². The van der Waals surface area contributed by atoms with Crippen molar-refractivity contribution in [2.24, 2.45) is 0 Å². The van der Waals surface area contributed by atoms with Crippen molar-refractivity contribution in [1.82, 2.24) is 4.90 Å². The number of halogens is 1. The molecule has 4 nitrogen and oxygen atoms in total. The Hall–Kier alpha value is -3.50. The molecular formula is C36H36ClNO3. The van der Waals surface area contributed by atoms with Crippen molar-refractivity contribution >= 4 is 71.7 Å². The number of unbranched alkanes of at least 4 members (excludes halogenated alkanes) is 6. The van der Waals surface area contributed by atoms with Crippen LogP contribution in [0, 0.1) is 0 Å². The predicted octanol–water partition coefficient (Wildman–Crippen LogP) is 10.0. The van der Waals surface area contributed by atoms with Gasteiger partial charge in [-0.15, -0.1) is 0 Å². The summed E-state index contributed by atoms with van der Waals surface area (Å²) in [5, 5.41) is 6.91. The van der Waals surface area contributed by atoms with Gasteiger partial charge in [-0.2, -0.15) is 0 Å². The third-order valence-electron chi connectivity index (χ3n) is 9.04. The van der Waals surface area contributed by atoms with Gasteiger partial charge in [0.05, 0.1) is 0 Å². The van der Waals surface area contributed by atoms with Gasteiger partial charge >= 0.3 is 0 Å². The van der Waals surface area contributed by atoms with Crippen LogP contribution < -0.4 is 0 Å². The summed E-state index contributed by atoms with van der Waals surface area (Å²) in [6, 6.07) is 17.4. The standard InChI is InChI=1S/C36H36ClNO3/c1-3-5-7-9-12-22(13-10-8-6-4-2)38-35(40)29-20-17-26-23-14-11-15-24-28(34(37)39)19-16-25(31(23)24)27-18-21-30(36(38)41)33(29)32(26)27/h11,14-22H,3-10,12-13H2,1-2H3. The van der Waals surface area contributed by atoms with E-state index >= 15 is 0 Å². The molecule has 1 aliphatic rings. The molecule has 0 radical (unpaired) electrons. The summed E-state index contributed by atoms with van der Waals surface area (Å²) in [5.74, 6) is -0.344. The van der Waals surface area contributed by atoms with Crippen LogP contribution in [0.4, 0.5) is 0 Å². The lowest BCUT2D eigenvalue weighted by Gasteiger charge is -2.34. The second kappa shape index (κ2) is 11.4. The predicted molar refractivity (Wildman–Crippen MR) is 170 cm³/mol. The molecule has 5 heteroatoms. The first-order valence-electron chi connectivity index (χ1n) is 15.2. The topological polar surface area (TPSA) is 54.5 Å². The van der Waals surface area contributed by atoms with Crippen LogP contribution in [-0.4, -0.2) is 28.0 Å². The maximum atomic E-state index is 14.2. The smallest absolute Gasteiger partial charge is 0.261 e. The zero-order valence-electron chi connectivity index (χ0n) is 23.9. The fourth-order valence-corrected chi connectivity index (χ4v) is 7.19.